The summed E-state index contributed by atoms with van der Waals surface area (Å²) in [6, 6.07) is 15.5. The molecular formula is C19H16ClN3O4. The molecule has 0 fully saturated rings. The maximum atomic E-state index is 12.5. The van der Waals surface area contributed by atoms with E-state index in [4.69, 9.17) is 16.3 Å². The van der Waals surface area contributed by atoms with E-state index < -0.39 is 10.9 Å². The second kappa shape index (κ2) is 8.01. The number of nitrogens with zero attached hydrogens (tertiary/aromatic N) is 3. The molecule has 0 spiro atoms. The van der Waals surface area contributed by atoms with Crippen molar-refractivity contribution in [1.29, 1.82) is 0 Å². The smallest absolute Gasteiger partial charge is 0.343 e. The molecule has 7 nitrogen and oxygen atoms in total. The Labute approximate surface area is 160 Å². The Kier molecular flexibility index (Phi) is 5.52. The largest absolute Gasteiger partial charge is 0.457 e. The first-order valence-electron chi connectivity index (χ1n) is 8.13. The van der Waals surface area contributed by atoms with E-state index in [1.165, 1.54) is 22.9 Å². The second-order valence-corrected chi connectivity index (χ2v) is 6.26. The molecule has 8 heteroatoms. The van der Waals surface area contributed by atoms with Crippen LogP contribution in [0.1, 0.15) is 27.2 Å². The van der Waals surface area contributed by atoms with Crippen molar-refractivity contribution in [2.45, 2.75) is 20.1 Å². The van der Waals surface area contributed by atoms with Gasteiger partial charge in [0.15, 0.2) is 0 Å². The lowest BCUT2D eigenvalue weighted by Crippen LogP contribution is -2.07. The Hall–Kier alpha value is -3.19. The number of aromatic nitrogens is 2. The van der Waals surface area contributed by atoms with Crippen LogP contribution in [0.3, 0.4) is 0 Å². The summed E-state index contributed by atoms with van der Waals surface area (Å²) in [6.45, 7) is 2.01. The minimum Gasteiger partial charge on any atom is -0.457 e. The van der Waals surface area contributed by atoms with Gasteiger partial charge in [0.05, 0.1) is 17.2 Å². The van der Waals surface area contributed by atoms with Crippen molar-refractivity contribution in [3.63, 3.8) is 0 Å². The SMILES string of the molecule is Cc1nn(Cc2ccccc2)c(Cl)c1C(=O)OCc1cccc([N+](=O)[O-])c1. The number of rotatable bonds is 6. The van der Waals surface area contributed by atoms with Crippen molar-refractivity contribution < 1.29 is 14.5 Å². The summed E-state index contributed by atoms with van der Waals surface area (Å²) in [5, 5.41) is 15.3. The summed E-state index contributed by atoms with van der Waals surface area (Å²) in [7, 11) is 0. The van der Waals surface area contributed by atoms with Crippen molar-refractivity contribution in [2.75, 3.05) is 0 Å². The molecule has 0 amide bonds. The molecule has 1 heterocycles. The minimum absolute atomic E-state index is 0.0616. The first-order chi connectivity index (χ1) is 13.0. The summed E-state index contributed by atoms with van der Waals surface area (Å²) in [5.74, 6) is -0.622. The molecule has 0 N–H and O–H groups in total. The van der Waals surface area contributed by atoms with E-state index in [-0.39, 0.29) is 23.0 Å². The average Bonchev–Trinajstić information content (AvgIpc) is 2.94. The molecular weight excluding hydrogens is 370 g/mol. The summed E-state index contributed by atoms with van der Waals surface area (Å²) in [6.07, 6.45) is 0. The fourth-order valence-corrected chi connectivity index (χ4v) is 2.94. The Morgan fingerprint density at radius 2 is 1.89 bits per heavy atom. The monoisotopic (exact) mass is 385 g/mol. The van der Waals surface area contributed by atoms with Crippen LogP contribution in [0.2, 0.25) is 5.15 Å². The summed E-state index contributed by atoms with van der Waals surface area (Å²) in [5.41, 5.74) is 2.10. The zero-order chi connectivity index (χ0) is 19.4. The van der Waals surface area contributed by atoms with Gasteiger partial charge in [0.2, 0.25) is 0 Å². The fourth-order valence-electron chi connectivity index (χ4n) is 2.63. The van der Waals surface area contributed by atoms with Crippen LogP contribution >= 0.6 is 11.6 Å². The fraction of sp³-hybridized carbons (Fsp3) is 0.158. The molecule has 2 aromatic carbocycles. The third-order valence-corrected chi connectivity index (χ3v) is 4.32. The maximum absolute atomic E-state index is 12.5. The van der Waals surface area contributed by atoms with Gasteiger partial charge in [-0.05, 0) is 18.1 Å². The third kappa shape index (κ3) is 4.32. The number of non-ortho nitro benzene ring substituents is 1. The second-order valence-electron chi connectivity index (χ2n) is 5.90. The van der Waals surface area contributed by atoms with E-state index in [2.05, 4.69) is 5.10 Å². The minimum atomic E-state index is -0.622. The quantitative estimate of drug-likeness (QED) is 0.361. The van der Waals surface area contributed by atoms with Gasteiger partial charge in [-0.3, -0.25) is 10.1 Å². The number of aryl methyl sites for hydroxylation is 1. The highest BCUT2D eigenvalue weighted by Crippen LogP contribution is 2.23. The Balaban J connectivity index is 1.73. The standard InChI is InChI=1S/C19H16ClN3O4/c1-13-17(18(20)22(21-13)11-14-6-3-2-4-7-14)19(24)27-12-15-8-5-9-16(10-15)23(25)26/h2-10H,11-12H2,1H3. The molecule has 0 bridgehead atoms. The van der Waals surface area contributed by atoms with Crippen LogP contribution < -0.4 is 0 Å². The molecule has 0 aliphatic rings. The molecule has 0 aliphatic heterocycles. The highest BCUT2D eigenvalue weighted by atomic mass is 35.5. The Bertz CT molecular complexity index is 986. The van der Waals surface area contributed by atoms with Gasteiger partial charge in [-0.15, -0.1) is 0 Å². The van der Waals surface area contributed by atoms with Crippen LogP contribution in [-0.2, 0) is 17.9 Å². The summed E-state index contributed by atoms with van der Waals surface area (Å²) < 4.78 is 6.81. The van der Waals surface area contributed by atoms with Gasteiger partial charge in [0.1, 0.15) is 17.3 Å². The molecule has 0 radical (unpaired) electrons. The van der Waals surface area contributed by atoms with Crippen molar-refractivity contribution in [1.82, 2.24) is 9.78 Å². The molecule has 3 aromatic rings. The van der Waals surface area contributed by atoms with E-state index in [0.717, 1.165) is 5.56 Å². The van der Waals surface area contributed by atoms with Crippen LogP contribution in [0.15, 0.2) is 54.6 Å². The van der Waals surface area contributed by atoms with Crippen molar-refractivity contribution >= 4 is 23.3 Å². The van der Waals surface area contributed by atoms with E-state index in [0.29, 0.717) is 17.8 Å². The third-order valence-electron chi connectivity index (χ3n) is 3.94. The van der Waals surface area contributed by atoms with Gasteiger partial charge < -0.3 is 4.74 Å². The molecule has 0 saturated heterocycles. The van der Waals surface area contributed by atoms with Gasteiger partial charge in [-0.2, -0.15) is 5.10 Å². The lowest BCUT2D eigenvalue weighted by molar-refractivity contribution is -0.384. The normalized spacial score (nSPS) is 10.6. The van der Waals surface area contributed by atoms with E-state index in [1.807, 2.05) is 30.3 Å². The van der Waals surface area contributed by atoms with Crippen molar-refractivity contribution in [3.8, 4) is 0 Å². The summed E-state index contributed by atoms with van der Waals surface area (Å²) >= 11 is 6.33. The molecule has 0 saturated carbocycles. The average molecular weight is 386 g/mol. The number of nitro groups is 1. The zero-order valence-electron chi connectivity index (χ0n) is 14.5. The van der Waals surface area contributed by atoms with E-state index >= 15 is 0 Å². The highest BCUT2D eigenvalue weighted by Gasteiger charge is 2.22. The van der Waals surface area contributed by atoms with Gasteiger partial charge in [-0.25, -0.2) is 9.48 Å². The van der Waals surface area contributed by atoms with Gasteiger partial charge >= 0.3 is 5.97 Å². The first kappa shape index (κ1) is 18.6. The number of benzene rings is 2. The van der Waals surface area contributed by atoms with Crippen LogP contribution in [0.25, 0.3) is 0 Å². The molecule has 3 rings (SSSR count). The van der Waals surface area contributed by atoms with Crippen molar-refractivity contribution in [3.05, 3.63) is 92.2 Å². The predicted octanol–water partition coefficient (Wildman–Crippen LogP) is 4.16. The Morgan fingerprint density at radius 3 is 2.59 bits per heavy atom. The number of ether oxygens (including phenoxy) is 1. The van der Waals surface area contributed by atoms with Crippen molar-refractivity contribution in [2.24, 2.45) is 0 Å². The highest BCUT2D eigenvalue weighted by molar-refractivity contribution is 6.32. The van der Waals surface area contributed by atoms with Crippen LogP contribution in [0.4, 0.5) is 5.69 Å². The first-order valence-corrected chi connectivity index (χ1v) is 8.51. The maximum Gasteiger partial charge on any atom is 0.343 e. The lowest BCUT2D eigenvalue weighted by Gasteiger charge is -2.06. The molecule has 1 aromatic heterocycles. The van der Waals surface area contributed by atoms with Crippen LogP contribution in [0, 0.1) is 17.0 Å². The number of hydrogen-bond donors (Lipinski definition) is 0. The van der Waals surface area contributed by atoms with E-state index in [1.54, 1.807) is 13.0 Å². The number of nitro benzene ring substituents is 1. The molecule has 0 aliphatic carbocycles. The molecule has 0 atom stereocenters. The lowest BCUT2D eigenvalue weighted by atomic mass is 10.2. The van der Waals surface area contributed by atoms with Crippen LogP contribution in [0.5, 0.6) is 0 Å². The van der Waals surface area contributed by atoms with Crippen LogP contribution in [-0.4, -0.2) is 20.7 Å². The number of halogens is 1. The number of carbonyl (C=O) groups excluding carboxylic acids is 1. The number of esters is 1. The zero-order valence-corrected chi connectivity index (χ0v) is 15.2. The molecule has 27 heavy (non-hydrogen) atoms. The number of hydrogen-bond acceptors (Lipinski definition) is 5. The topological polar surface area (TPSA) is 87.3 Å². The summed E-state index contributed by atoms with van der Waals surface area (Å²) in [4.78, 5) is 22.8. The molecule has 0 unspecified atom stereocenters. The van der Waals surface area contributed by atoms with Gasteiger partial charge in [0.25, 0.3) is 5.69 Å². The number of carbonyl (C=O) groups is 1. The predicted molar refractivity (Wildman–Crippen MR) is 99.7 cm³/mol. The Morgan fingerprint density at radius 1 is 1.19 bits per heavy atom. The molecule has 138 valence electrons. The van der Waals surface area contributed by atoms with Gasteiger partial charge in [0, 0.05) is 12.1 Å². The van der Waals surface area contributed by atoms with E-state index in [9.17, 15) is 14.9 Å². The van der Waals surface area contributed by atoms with Gasteiger partial charge in [-0.1, -0.05) is 54.1 Å².